The predicted octanol–water partition coefficient (Wildman–Crippen LogP) is 3.40. The highest BCUT2D eigenvalue weighted by Crippen LogP contribution is 2.30. The smallest absolute Gasteiger partial charge is 0.328 e. The molecule has 1 aliphatic rings. The molecule has 3 heterocycles. The second-order valence-electron chi connectivity index (χ2n) is 7.75. The van der Waals surface area contributed by atoms with Crippen LogP contribution in [0.15, 0.2) is 58.1 Å². The number of fused-ring (bicyclic) bond motifs is 3. The fourth-order valence-electron chi connectivity index (χ4n) is 4.36. The lowest BCUT2D eigenvalue weighted by Crippen LogP contribution is -2.38. The summed E-state index contributed by atoms with van der Waals surface area (Å²) in [4.78, 5) is 30.9. The molecule has 7 heteroatoms. The quantitative estimate of drug-likeness (QED) is 0.536. The van der Waals surface area contributed by atoms with Crippen molar-refractivity contribution in [1.29, 1.82) is 0 Å². The van der Waals surface area contributed by atoms with Crippen LogP contribution in [0.5, 0.6) is 5.75 Å². The Morgan fingerprint density at radius 1 is 1.13 bits per heavy atom. The summed E-state index contributed by atoms with van der Waals surface area (Å²) in [5.41, 5.74) is 1.40. The highest BCUT2D eigenvalue weighted by molar-refractivity contribution is 7.25. The zero-order valence-corrected chi connectivity index (χ0v) is 17.6. The lowest BCUT2D eigenvalue weighted by atomic mass is 9.98. The van der Waals surface area contributed by atoms with Crippen LogP contribution in [0, 0.1) is 0 Å². The lowest BCUT2D eigenvalue weighted by Gasteiger charge is -2.17. The molecule has 6 nitrogen and oxygen atoms in total. The molecule has 4 aromatic rings. The predicted molar refractivity (Wildman–Crippen MR) is 121 cm³/mol. The van der Waals surface area contributed by atoms with Gasteiger partial charge in [-0.2, -0.15) is 0 Å². The Hall–Kier alpha value is -2.90. The lowest BCUT2D eigenvalue weighted by molar-refractivity contribution is 0.314. The van der Waals surface area contributed by atoms with E-state index in [4.69, 9.17) is 4.74 Å². The number of rotatable bonds is 5. The highest BCUT2D eigenvalue weighted by Gasteiger charge is 2.24. The van der Waals surface area contributed by atoms with Crippen LogP contribution in [0.25, 0.3) is 20.3 Å². The zero-order chi connectivity index (χ0) is 20.7. The monoisotopic (exact) mass is 421 g/mol. The number of nitrogens with zero attached hydrogens (tertiary/aromatic N) is 2. The van der Waals surface area contributed by atoms with Crippen molar-refractivity contribution in [2.24, 2.45) is 0 Å². The Morgan fingerprint density at radius 2 is 2.00 bits per heavy atom. The van der Waals surface area contributed by atoms with Gasteiger partial charge in [-0.05, 0) is 42.6 Å². The van der Waals surface area contributed by atoms with Crippen LogP contribution in [0.3, 0.4) is 0 Å². The molecule has 30 heavy (non-hydrogen) atoms. The number of aromatic nitrogens is 2. The zero-order valence-electron chi connectivity index (χ0n) is 16.8. The molecule has 0 bridgehead atoms. The van der Waals surface area contributed by atoms with E-state index >= 15 is 0 Å². The van der Waals surface area contributed by atoms with Crippen molar-refractivity contribution in [2.45, 2.75) is 18.9 Å². The van der Waals surface area contributed by atoms with Crippen molar-refractivity contribution in [3.05, 3.63) is 74.9 Å². The summed E-state index contributed by atoms with van der Waals surface area (Å²) >= 11 is 1.44. The minimum absolute atomic E-state index is 0.196. The van der Waals surface area contributed by atoms with Crippen LogP contribution < -0.4 is 16.0 Å². The molecule has 2 aromatic heterocycles. The van der Waals surface area contributed by atoms with Crippen LogP contribution in [0.1, 0.15) is 17.9 Å². The summed E-state index contributed by atoms with van der Waals surface area (Å²) in [6, 6.07) is 16.0. The van der Waals surface area contributed by atoms with Crippen molar-refractivity contribution in [3.8, 4) is 5.75 Å². The van der Waals surface area contributed by atoms with E-state index in [0.717, 1.165) is 35.3 Å². The molecule has 0 saturated carbocycles. The number of nitrogens with one attached hydrogen (secondary N) is 1. The topological polar surface area (TPSA) is 67.3 Å². The van der Waals surface area contributed by atoms with Gasteiger partial charge in [-0.3, -0.25) is 9.36 Å². The van der Waals surface area contributed by atoms with Gasteiger partial charge in [-0.15, -0.1) is 11.3 Å². The molecule has 0 amide bonds. The molecule has 1 N–H and O–H groups in total. The number of methoxy groups -OCH3 is 1. The van der Waals surface area contributed by atoms with E-state index in [1.165, 1.54) is 21.5 Å². The van der Waals surface area contributed by atoms with Crippen LogP contribution in [-0.4, -0.2) is 41.2 Å². The number of aromatic amines is 1. The molecule has 0 aliphatic carbocycles. The van der Waals surface area contributed by atoms with Gasteiger partial charge in [0.1, 0.15) is 10.4 Å². The first-order chi connectivity index (χ1) is 14.6. The van der Waals surface area contributed by atoms with Crippen molar-refractivity contribution in [2.75, 3.05) is 26.7 Å². The van der Waals surface area contributed by atoms with E-state index in [-0.39, 0.29) is 11.2 Å². The third kappa shape index (κ3) is 3.34. The highest BCUT2D eigenvalue weighted by atomic mass is 32.1. The number of ether oxygens (including phenoxy) is 1. The fourth-order valence-corrected chi connectivity index (χ4v) is 5.46. The Kier molecular flexibility index (Phi) is 4.92. The number of likely N-dealkylation sites (tertiary alicyclic amines) is 1. The summed E-state index contributed by atoms with van der Waals surface area (Å²) in [5.74, 6) is 1.32. The Balaban J connectivity index is 1.35. The fraction of sp³-hybridized carbons (Fsp3) is 0.304. The third-order valence-corrected chi connectivity index (χ3v) is 7.15. The molecule has 154 valence electrons. The minimum Gasteiger partial charge on any atom is -0.497 e. The Morgan fingerprint density at radius 3 is 2.87 bits per heavy atom. The van der Waals surface area contributed by atoms with E-state index in [2.05, 4.69) is 22.0 Å². The third-order valence-electron chi connectivity index (χ3n) is 5.99. The number of thiophene rings is 1. The molecule has 0 spiro atoms. The molecule has 2 aromatic carbocycles. The maximum absolute atomic E-state index is 13.0. The van der Waals surface area contributed by atoms with Gasteiger partial charge >= 0.3 is 5.69 Å². The Labute approximate surface area is 177 Å². The summed E-state index contributed by atoms with van der Waals surface area (Å²) in [6.07, 6.45) is 1.06. The SMILES string of the molecule is COc1cccc(C2CCN(CCn3c(=O)[nH]c4c(sc5ccccc54)c3=O)C2)c1. The van der Waals surface area contributed by atoms with Crippen molar-refractivity contribution in [1.82, 2.24) is 14.5 Å². The normalized spacial score (nSPS) is 17.2. The second-order valence-corrected chi connectivity index (χ2v) is 8.80. The van der Waals surface area contributed by atoms with Crippen LogP contribution >= 0.6 is 11.3 Å². The van der Waals surface area contributed by atoms with Gasteiger partial charge in [0.25, 0.3) is 5.56 Å². The van der Waals surface area contributed by atoms with Gasteiger partial charge in [0.05, 0.1) is 12.6 Å². The van der Waals surface area contributed by atoms with Crippen molar-refractivity contribution >= 4 is 31.6 Å². The van der Waals surface area contributed by atoms with Gasteiger partial charge in [0.15, 0.2) is 0 Å². The second kappa shape index (κ2) is 7.74. The molecule has 1 fully saturated rings. The first-order valence-corrected chi connectivity index (χ1v) is 11.0. The maximum Gasteiger partial charge on any atom is 0.328 e. The van der Waals surface area contributed by atoms with E-state index in [1.807, 2.05) is 36.4 Å². The number of hydrogen-bond donors (Lipinski definition) is 1. The standard InChI is InChI=1S/C23H23N3O3S/c1-29-17-6-4-5-15(13-17)16-9-10-25(14-16)11-12-26-22(27)21-20(24-23(26)28)18-7-2-3-8-19(18)30-21/h2-8,13,16H,9-12,14H2,1H3,(H,24,28). The van der Waals surface area contributed by atoms with Gasteiger partial charge in [-0.1, -0.05) is 30.3 Å². The van der Waals surface area contributed by atoms with Gasteiger partial charge in [-0.25, -0.2) is 4.79 Å². The van der Waals surface area contributed by atoms with Crippen LogP contribution in [0.2, 0.25) is 0 Å². The first kappa shape index (κ1) is 19.1. The molecule has 1 atom stereocenters. The van der Waals surface area contributed by atoms with Gasteiger partial charge in [0, 0.05) is 29.7 Å². The molecule has 1 unspecified atom stereocenters. The largest absolute Gasteiger partial charge is 0.497 e. The summed E-state index contributed by atoms with van der Waals surface area (Å²) in [7, 11) is 1.68. The maximum atomic E-state index is 13.0. The molecular weight excluding hydrogens is 398 g/mol. The van der Waals surface area contributed by atoms with Crippen LogP contribution in [-0.2, 0) is 6.54 Å². The average Bonchev–Trinajstić information content (AvgIpc) is 3.39. The molecule has 5 rings (SSSR count). The van der Waals surface area contributed by atoms with Crippen molar-refractivity contribution in [3.63, 3.8) is 0 Å². The average molecular weight is 422 g/mol. The van der Waals surface area contributed by atoms with Gasteiger partial charge in [0.2, 0.25) is 0 Å². The summed E-state index contributed by atoms with van der Waals surface area (Å²) in [6.45, 7) is 2.95. The minimum atomic E-state index is -0.334. The van der Waals surface area contributed by atoms with E-state index < -0.39 is 0 Å². The molecule has 1 saturated heterocycles. The van der Waals surface area contributed by atoms with Gasteiger partial charge < -0.3 is 14.6 Å². The van der Waals surface area contributed by atoms with Crippen molar-refractivity contribution < 1.29 is 4.74 Å². The first-order valence-electron chi connectivity index (χ1n) is 10.1. The summed E-state index contributed by atoms with van der Waals surface area (Å²) < 4.78 is 8.31. The summed E-state index contributed by atoms with van der Waals surface area (Å²) in [5, 5.41) is 0.930. The molecule has 1 aliphatic heterocycles. The van der Waals surface area contributed by atoms with E-state index in [9.17, 15) is 9.59 Å². The van der Waals surface area contributed by atoms with E-state index in [1.54, 1.807) is 7.11 Å². The number of hydrogen-bond acceptors (Lipinski definition) is 5. The number of H-pyrrole nitrogens is 1. The Bertz CT molecular complexity index is 1340. The van der Waals surface area contributed by atoms with E-state index in [0.29, 0.717) is 29.2 Å². The molecule has 0 radical (unpaired) electrons. The molecular formula is C23H23N3O3S. The van der Waals surface area contributed by atoms with Crippen LogP contribution in [0.4, 0.5) is 0 Å². The number of benzene rings is 2.